The van der Waals surface area contributed by atoms with Gasteiger partial charge in [-0.3, -0.25) is 0 Å². The van der Waals surface area contributed by atoms with Crippen molar-refractivity contribution in [1.82, 2.24) is 0 Å². The van der Waals surface area contributed by atoms with E-state index >= 15 is 0 Å². The van der Waals surface area contributed by atoms with Crippen LogP contribution in [0.15, 0.2) is 12.1 Å². The van der Waals surface area contributed by atoms with Crippen LogP contribution in [-0.4, -0.2) is 12.2 Å². The Hall–Kier alpha value is -0.340. The van der Waals surface area contributed by atoms with Gasteiger partial charge in [0.1, 0.15) is 0 Å². The topological polar surface area (TPSA) is 12.5 Å². The second-order valence-corrected chi connectivity index (χ2v) is 5.58. The number of hydrogen-bond donors (Lipinski definition) is 0. The van der Waals surface area contributed by atoms with Gasteiger partial charge in [0, 0.05) is 9.75 Å². The highest BCUT2D eigenvalue weighted by atomic mass is 32.1. The number of thiophene rings is 1. The lowest BCUT2D eigenvalue weighted by Gasteiger charge is -2.10. The molecule has 1 aromatic rings. The van der Waals surface area contributed by atoms with Crippen molar-refractivity contribution in [3.05, 3.63) is 21.9 Å². The normalized spacial score (nSPS) is 26.6. The zero-order valence-corrected chi connectivity index (χ0v) is 10.6. The Kier molecular flexibility index (Phi) is 3.47. The number of rotatable bonds is 5. The fourth-order valence-electron chi connectivity index (χ4n) is 2.05. The van der Waals surface area contributed by atoms with E-state index < -0.39 is 0 Å². The molecule has 0 aromatic carbocycles. The maximum atomic E-state index is 5.51. The maximum Gasteiger partial charge on any atom is 0.0845 e. The second-order valence-electron chi connectivity index (χ2n) is 4.38. The highest BCUT2D eigenvalue weighted by Gasteiger charge is 2.36. The van der Waals surface area contributed by atoms with E-state index in [1.54, 1.807) is 4.88 Å². The van der Waals surface area contributed by atoms with Crippen LogP contribution in [0.4, 0.5) is 0 Å². The molecule has 1 aliphatic rings. The van der Waals surface area contributed by atoms with E-state index in [0.29, 0.717) is 18.1 Å². The number of hydrogen-bond acceptors (Lipinski definition) is 2. The van der Waals surface area contributed by atoms with Gasteiger partial charge >= 0.3 is 0 Å². The molecule has 3 unspecified atom stereocenters. The van der Waals surface area contributed by atoms with Crippen molar-refractivity contribution in [3.63, 3.8) is 0 Å². The zero-order chi connectivity index (χ0) is 10.8. The van der Waals surface area contributed by atoms with Gasteiger partial charge in [-0.2, -0.15) is 0 Å². The smallest absolute Gasteiger partial charge is 0.0845 e. The highest BCUT2D eigenvalue weighted by Crippen LogP contribution is 2.37. The van der Waals surface area contributed by atoms with Gasteiger partial charge in [-0.05, 0) is 44.2 Å². The van der Waals surface area contributed by atoms with Gasteiger partial charge in [0.05, 0.1) is 12.2 Å². The highest BCUT2D eigenvalue weighted by molar-refractivity contribution is 7.12. The van der Waals surface area contributed by atoms with E-state index in [1.165, 1.54) is 17.7 Å². The predicted molar refractivity (Wildman–Crippen MR) is 65.7 cm³/mol. The van der Waals surface area contributed by atoms with Crippen LogP contribution in [0.2, 0.25) is 0 Å². The van der Waals surface area contributed by atoms with E-state index in [4.69, 9.17) is 4.74 Å². The van der Waals surface area contributed by atoms with Crippen LogP contribution in [0.5, 0.6) is 0 Å². The number of ether oxygens (including phenoxy) is 1. The Morgan fingerprint density at radius 2 is 2.13 bits per heavy atom. The summed E-state index contributed by atoms with van der Waals surface area (Å²) in [5.74, 6) is 0.713. The summed E-state index contributed by atoms with van der Waals surface area (Å²) in [6, 6.07) is 4.59. The molecule has 0 radical (unpaired) electrons. The van der Waals surface area contributed by atoms with Crippen LogP contribution >= 0.6 is 11.3 Å². The van der Waals surface area contributed by atoms with Crippen molar-refractivity contribution in [2.75, 3.05) is 0 Å². The lowest BCUT2D eigenvalue weighted by Crippen LogP contribution is -2.00. The number of aryl methyl sites for hydroxylation is 1. The summed E-state index contributed by atoms with van der Waals surface area (Å²) in [4.78, 5) is 3.06. The fourth-order valence-corrected chi connectivity index (χ4v) is 3.19. The van der Waals surface area contributed by atoms with E-state index in [-0.39, 0.29) is 0 Å². The first-order valence-electron chi connectivity index (χ1n) is 5.98. The Morgan fingerprint density at radius 3 is 2.60 bits per heavy atom. The molecule has 3 atom stereocenters. The molecule has 0 saturated carbocycles. The van der Waals surface area contributed by atoms with Crippen molar-refractivity contribution in [2.45, 2.75) is 58.2 Å². The van der Waals surface area contributed by atoms with Crippen LogP contribution in [0.25, 0.3) is 0 Å². The monoisotopic (exact) mass is 224 g/mol. The minimum Gasteiger partial charge on any atom is -0.370 e. The molecule has 0 spiro atoms. The minimum absolute atomic E-state index is 0.504. The average Bonchev–Trinajstić information content (AvgIpc) is 2.78. The molecule has 1 aliphatic heterocycles. The van der Waals surface area contributed by atoms with Crippen molar-refractivity contribution >= 4 is 11.3 Å². The van der Waals surface area contributed by atoms with E-state index in [2.05, 4.69) is 32.9 Å². The van der Waals surface area contributed by atoms with E-state index in [0.717, 1.165) is 6.42 Å². The fraction of sp³-hybridized carbons (Fsp3) is 0.692. The molecule has 0 amide bonds. The molecule has 0 aliphatic carbocycles. The summed E-state index contributed by atoms with van der Waals surface area (Å²) in [5, 5.41) is 0. The Bertz CT molecular complexity index is 318. The van der Waals surface area contributed by atoms with Gasteiger partial charge in [-0.25, -0.2) is 0 Å². The van der Waals surface area contributed by atoms with Crippen LogP contribution < -0.4 is 0 Å². The first-order valence-corrected chi connectivity index (χ1v) is 6.80. The zero-order valence-electron chi connectivity index (χ0n) is 9.82. The third-order valence-electron chi connectivity index (χ3n) is 3.28. The van der Waals surface area contributed by atoms with Crippen molar-refractivity contribution < 1.29 is 4.74 Å². The molecular formula is C13H20OS. The Labute approximate surface area is 96.5 Å². The molecule has 15 heavy (non-hydrogen) atoms. The van der Waals surface area contributed by atoms with Crippen molar-refractivity contribution in [1.29, 1.82) is 0 Å². The summed E-state index contributed by atoms with van der Waals surface area (Å²) in [6.45, 7) is 6.68. The molecule has 0 bridgehead atoms. The summed E-state index contributed by atoms with van der Waals surface area (Å²) >= 11 is 1.98. The standard InChI is InChI=1S/C13H20OS/c1-4-10(8-12-9(3)14-12)13-7-6-11(5-2)15-13/h6-7,9-10,12H,4-5,8H2,1-3H3. The third kappa shape index (κ3) is 2.61. The summed E-state index contributed by atoms with van der Waals surface area (Å²) < 4.78 is 5.51. The van der Waals surface area contributed by atoms with Gasteiger partial charge in [-0.15, -0.1) is 11.3 Å². The molecule has 0 N–H and O–H groups in total. The lowest BCUT2D eigenvalue weighted by atomic mass is 9.97. The average molecular weight is 224 g/mol. The first kappa shape index (κ1) is 11.2. The van der Waals surface area contributed by atoms with Gasteiger partial charge in [0.15, 0.2) is 0 Å². The molecular weight excluding hydrogens is 204 g/mol. The largest absolute Gasteiger partial charge is 0.370 e. The molecule has 84 valence electrons. The van der Waals surface area contributed by atoms with Crippen LogP contribution in [0.1, 0.15) is 49.3 Å². The summed E-state index contributed by atoms with van der Waals surface area (Å²) in [5.41, 5.74) is 0. The van der Waals surface area contributed by atoms with Crippen molar-refractivity contribution in [2.24, 2.45) is 0 Å². The molecule has 2 heterocycles. The Morgan fingerprint density at radius 1 is 1.40 bits per heavy atom. The minimum atomic E-state index is 0.504. The Balaban J connectivity index is 1.98. The number of epoxide rings is 1. The van der Waals surface area contributed by atoms with Gasteiger partial charge in [-0.1, -0.05) is 13.8 Å². The van der Waals surface area contributed by atoms with Crippen LogP contribution in [-0.2, 0) is 11.2 Å². The quantitative estimate of drug-likeness (QED) is 0.689. The third-order valence-corrected chi connectivity index (χ3v) is 4.67. The molecule has 1 aromatic heterocycles. The first-order chi connectivity index (χ1) is 7.24. The van der Waals surface area contributed by atoms with E-state index in [9.17, 15) is 0 Å². The molecule has 2 heteroatoms. The second kappa shape index (κ2) is 4.67. The molecule has 1 saturated heterocycles. The van der Waals surface area contributed by atoms with Crippen molar-refractivity contribution in [3.8, 4) is 0 Å². The van der Waals surface area contributed by atoms with Gasteiger partial charge in [0.2, 0.25) is 0 Å². The lowest BCUT2D eigenvalue weighted by molar-refractivity contribution is 0.358. The van der Waals surface area contributed by atoms with Gasteiger partial charge in [0.25, 0.3) is 0 Å². The maximum absolute atomic E-state index is 5.51. The van der Waals surface area contributed by atoms with Crippen LogP contribution in [0, 0.1) is 0 Å². The molecule has 1 nitrogen and oxygen atoms in total. The van der Waals surface area contributed by atoms with Gasteiger partial charge < -0.3 is 4.74 Å². The van der Waals surface area contributed by atoms with Crippen LogP contribution in [0.3, 0.4) is 0 Å². The van der Waals surface area contributed by atoms with E-state index in [1.807, 2.05) is 11.3 Å². The molecule has 2 rings (SSSR count). The predicted octanol–water partition coefficient (Wildman–Crippen LogP) is 3.98. The summed E-state index contributed by atoms with van der Waals surface area (Å²) in [6.07, 6.45) is 4.64. The summed E-state index contributed by atoms with van der Waals surface area (Å²) in [7, 11) is 0. The molecule has 1 fully saturated rings. The SMILES string of the molecule is CCc1ccc(C(CC)CC2OC2C)s1.